The molecule has 7 nitrogen and oxygen atoms in total. The van der Waals surface area contributed by atoms with E-state index >= 15 is 0 Å². The largest absolute Gasteiger partial charge is 0.459 e. The van der Waals surface area contributed by atoms with Crippen LogP contribution in [0.2, 0.25) is 0 Å². The number of carbonyl (C=O) groups excluding carboxylic acids is 3. The molecule has 1 aliphatic rings. The van der Waals surface area contributed by atoms with Crippen LogP contribution < -0.4 is 10.6 Å². The molecule has 3 amide bonds. The summed E-state index contributed by atoms with van der Waals surface area (Å²) in [5.41, 5.74) is 3.89. The van der Waals surface area contributed by atoms with Gasteiger partial charge in [-0.1, -0.05) is 31.2 Å². The van der Waals surface area contributed by atoms with Crippen LogP contribution in [0.1, 0.15) is 62.1 Å². The standard InChI is InChI=1S/C26H31N3O4/c1-6-18-11-13-19(14-12-18)24(30)27-21-10-8-9-20(15-21)23-22(25(31)33-16(3)4)17(5)29(7-2)26(32)28-23/h8-16,23H,6-7H2,1-5H3,(H,27,30)(H,28,32). The van der Waals surface area contributed by atoms with Crippen molar-refractivity contribution < 1.29 is 19.1 Å². The first-order chi connectivity index (χ1) is 15.7. The Morgan fingerprint density at radius 2 is 1.82 bits per heavy atom. The summed E-state index contributed by atoms with van der Waals surface area (Å²) in [6, 6.07) is 13.6. The number of carbonyl (C=O) groups is 3. The summed E-state index contributed by atoms with van der Waals surface area (Å²) in [4.78, 5) is 39.8. The number of urea groups is 1. The predicted octanol–water partition coefficient (Wildman–Crippen LogP) is 4.81. The average Bonchev–Trinajstić information content (AvgIpc) is 2.78. The van der Waals surface area contributed by atoms with Crippen LogP contribution in [0.15, 0.2) is 59.8 Å². The molecule has 1 atom stereocenters. The van der Waals surface area contributed by atoms with Gasteiger partial charge in [0.15, 0.2) is 0 Å². The number of nitrogens with zero attached hydrogens (tertiary/aromatic N) is 1. The summed E-state index contributed by atoms with van der Waals surface area (Å²) >= 11 is 0. The summed E-state index contributed by atoms with van der Waals surface area (Å²) in [6.07, 6.45) is 0.608. The van der Waals surface area contributed by atoms with Crippen molar-refractivity contribution in [2.45, 2.75) is 53.2 Å². The maximum Gasteiger partial charge on any atom is 0.338 e. The van der Waals surface area contributed by atoms with E-state index < -0.39 is 12.0 Å². The van der Waals surface area contributed by atoms with Crippen molar-refractivity contribution in [3.05, 3.63) is 76.5 Å². The van der Waals surface area contributed by atoms with Crippen molar-refractivity contribution in [1.29, 1.82) is 0 Å². The molecule has 0 saturated heterocycles. The molecule has 0 bridgehead atoms. The summed E-state index contributed by atoms with van der Waals surface area (Å²) in [7, 11) is 0. The molecule has 1 heterocycles. The number of hydrogen-bond donors (Lipinski definition) is 2. The quantitative estimate of drug-likeness (QED) is 0.594. The minimum Gasteiger partial charge on any atom is -0.459 e. The molecule has 3 rings (SSSR count). The van der Waals surface area contributed by atoms with Gasteiger partial charge in [0.25, 0.3) is 5.91 Å². The van der Waals surface area contributed by atoms with Crippen molar-refractivity contribution in [3.63, 3.8) is 0 Å². The highest BCUT2D eigenvalue weighted by Gasteiger charge is 2.36. The Bertz CT molecular complexity index is 1070. The lowest BCUT2D eigenvalue weighted by molar-refractivity contribution is -0.143. The normalized spacial score (nSPS) is 16.0. The van der Waals surface area contributed by atoms with Crippen LogP contribution >= 0.6 is 0 Å². The Morgan fingerprint density at radius 3 is 2.42 bits per heavy atom. The maximum absolute atomic E-state index is 12.9. The van der Waals surface area contributed by atoms with Crippen molar-refractivity contribution in [3.8, 4) is 0 Å². The van der Waals surface area contributed by atoms with Crippen LogP contribution in [-0.2, 0) is 16.0 Å². The Morgan fingerprint density at radius 1 is 1.12 bits per heavy atom. The molecule has 33 heavy (non-hydrogen) atoms. The highest BCUT2D eigenvalue weighted by atomic mass is 16.5. The summed E-state index contributed by atoms with van der Waals surface area (Å²) in [5.74, 6) is -0.706. The number of aryl methyl sites for hydroxylation is 1. The second-order valence-corrected chi connectivity index (χ2v) is 8.21. The second-order valence-electron chi connectivity index (χ2n) is 8.21. The van der Waals surface area contributed by atoms with Gasteiger partial charge < -0.3 is 15.4 Å². The Kier molecular flexibility index (Phi) is 7.53. The Balaban J connectivity index is 1.91. The third-order valence-corrected chi connectivity index (χ3v) is 5.58. The van der Waals surface area contributed by atoms with E-state index in [0.717, 1.165) is 12.0 Å². The minimum atomic E-state index is -0.688. The lowest BCUT2D eigenvalue weighted by atomic mass is 9.94. The lowest BCUT2D eigenvalue weighted by Gasteiger charge is -2.35. The van der Waals surface area contributed by atoms with Gasteiger partial charge in [-0.15, -0.1) is 0 Å². The number of allylic oxidation sites excluding steroid dienone is 1. The number of esters is 1. The molecule has 1 aliphatic heterocycles. The molecule has 2 N–H and O–H groups in total. The van der Waals surface area contributed by atoms with E-state index in [2.05, 4.69) is 17.6 Å². The zero-order chi connectivity index (χ0) is 24.1. The van der Waals surface area contributed by atoms with E-state index in [1.165, 1.54) is 4.90 Å². The molecule has 0 spiro atoms. The van der Waals surface area contributed by atoms with Crippen LogP contribution in [0.3, 0.4) is 0 Å². The van der Waals surface area contributed by atoms with Gasteiger partial charge in [-0.2, -0.15) is 0 Å². The van der Waals surface area contributed by atoms with Gasteiger partial charge in [0.1, 0.15) is 0 Å². The number of ether oxygens (including phenoxy) is 1. The molecular weight excluding hydrogens is 418 g/mol. The first-order valence-electron chi connectivity index (χ1n) is 11.2. The van der Waals surface area contributed by atoms with Crippen molar-refractivity contribution in [2.75, 3.05) is 11.9 Å². The average molecular weight is 450 g/mol. The van der Waals surface area contributed by atoms with Crippen LogP contribution in [0.25, 0.3) is 0 Å². The topological polar surface area (TPSA) is 87.7 Å². The van der Waals surface area contributed by atoms with Crippen LogP contribution in [-0.4, -0.2) is 35.5 Å². The Labute approximate surface area is 194 Å². The lowest BCUT2D eigenvalue weighted by Crippen LogP contribution is -2.48. The van der Waals surface area contributed by atoms with Crippen molar-refractivity contribution in [1.82, 2.24) is 10.2 Å². The molecule has 0 radical (unpaired) electrons. The maximum atomic E-state index is 12.9. The zero-order valence-electron chi connectivity index (χ0n) is 19.8. The predicted molar refractivity (Wildman–Crippen MR) is 128 cm³/mol. The fraction of sp³-hybridized carbons (Fsp3) is 0.346. The molecule has 7 heteroatoms. The van der Waals surface area contributed by atoms with E-state index in [0.29, 0.717) is 34.6 Å². The summed E-state index contributed by atoms with van der Waals surface area (Å²) in [5, 5.41) is 5.81. The molecule has 2 aromatic rings. The highest BCUT2D eigenvalue weighted by molar-refractivity contribution is 6.04. The Hall–Kier alpha value is -3.61. The smallest absolute Gasteiger partial charge is 0.338 e. The SMILES string of the molecule is CCc1ccc(C(=O)Nc2cccc(C3NC(=O)N(CC)C(C)=C3C(=O)OC(C)C)c2)cc1. The monoisotopic (exact) mass is 449 g/mol. The molecule has 174 valence electrons. The van der Waals surface area contributed by atoms with Crippen LogP contribution in [0, 0.1) is 0 Å². The third kappa shape index (κ3) is 5.42. The van der Waals surface area contributed by atoms with E-state index in [-0.39, 0.29) is 18.0 Å². The van der Waals surface area contributed by atoms with E-state index in [4.69, 9.17) is 4.74 Å². The van der Waals surface area contributed by atoms with Gasteiger partial charge in [-0.25, -0.2) is 9.59 Å². The fourth-order valence-corrected chi connectivity index (χ4v) is 3.85. The number of amides is 3. The number of benzene rings is 2. The van der Waals surface area contributed by atoms with Crippen molar-refractivity contribution in [2.24, 2.45) is 0 Å². The first kappa shape index (κ1) is 24.0. The fourth-order valence-electron chi connectivity index (χ4n) is 3.85. The molecule has 0 aliphatic carbocycles. The van der Waals surface area contributed by atoms with Gasteiger partial charge in [-0.3, -0.25) is 9.69 Å². The number of anilines is 1. The van der Waals surface area contributed by atoms with Crippen LogP contribution in [0.5, 0.6) is 0 Å². The zero-order valence-corrected chi connectivity index (χ0v) is 19.8. The third-order valence-electron chi connectivity index (χ3n) is 5.58. The van der Waals surface area contributed by atoms with Crippen molar-refractivity contribution >= 4 is 23.6 Å². The van der Waals surface area contributed by atoms with E-state index in [1.54, 1.807) is 51.1 Å². The van der Waals surface area contributed by atoms with Gasteiger partial charge in [0.2, 0.25) is 0 Å². The molecular formula is C26H31N3O4. The van der Waals surface area contributed by atoms with Gasteiger partial charge >= 0.3 is 12.0 Å². The van der Waals surface area contributed by atoms with Gasteiger partial charge in [-0.05, 0) is 69.5 Å². The first-order valence-corrected chi connectivity index (χ1v) is 11.2. The molecule has 1 unspecified atom stereocenters. The van der Waals surface area contributed by atoms with Gasteiger partial charge in [0.05, 0.1) is 17.7 Å². The molecule has 0 aromatic heterocycles. The number of rotatable bonds is 7. The molecule has 0 saturated carbocycles. The summed E-state index contributed by atoms with van der Waals surface area (Å²) in [6.45, 7) is 9.65. The molecule has 0 fully saturated rings. The highest BCUT2D eigenvalue weighted by Crippen LogP contribution is 2.32. The minimum absolute atomic E-state index is 0.231. The second kappa shape index (κ2) is 10.3. The summed E-state index contributed by atoms with van der Waals surface area (Å²) < 4.78 is 5.47. The van der Waals surface area contributed by atoms with Crippen LogP contribution in [0.4, 0.5) is 10.5 Å². The van der Waals surface area contributed by atoms with Gasteiger partial charge in [0, 0.05) is 23.5 Å². The molecule has 2 aromatic carbocycles. The number of hydrogen-bond acceptors (Lipinski definition) is 4. The van der Waals surface area contributed by atoms with E-state index in [9.17, 15) is 14.4 Å². The number of nitrogens with one attached hydrogen (secondary N) is 2. The van der Waals surface area contributed by atoms with E-state index in [1.807, 2.05) is 25.1 Å².